The van der Waals surface area contributed by atoms with Crippen LogP contribution in [0.1, 0.15) is 31.1 Å². The SMILES string of the molecule is CCN(CC)CCn1cc(NC(=O)c2ccc(N3CCN(C(C)=O)CC3)c([N+](=O)[O-])c2)cn1. The first-order chi connectivity index (χ1) is 15.8. The number of nitrogens with zero attached hydrogens (tertiary/aromatic N) is 6. The molecule has 1 saturated heterocycles. The number of likely N-dealkylation sites (N-methyl/N-ethyl adjacent to an activating group) is 1. The van der Waals surface area contributed by atoms with E-state index in [9.17, 15) is 19.7 Å². The fraction of sp³-hybridized carbons (Fsp3) is 0.500. The summed E-state index contributed by atoms with van der Waals surface area (Å²) in [5, 5.41) is 18.8. The van der Waals surface area contributed by atoms with Crippen LogP contribution >= 0.6 is 0 Å². The zero-order valence-electron chi connectivity index (χ0n) is 19.4. The second-order valence-electron chi connectivity index (χ2n) is 7.93. The Morgan fingerprint density at radius 1 is 1.18 bits per heavy atom. The Balaban J connectivity index is 1.67. The lowest BCUT2D eigenvalue weighted by Crippen LogP contribution is -2.48. The summed E-state index contributed by atoms with van der Waals surface area (Å²) in [4.78, 5) is 41.4. The van der Waals surface area contributed by atoms with Crippen molar-refractivity contribution < 1.29 is 14.5 Å². The van der Waals surface area contributed by atoms with Gasteiger partial charge >= 0.3 is 0 Å². The van der Waals surface area contributed by atoms with Crippen molar-refractivity contribution in [3.63, 3.8) is 0 Å². The lowest BCUT2D eigenvalue weighted by molar-refractivity contribution is -0.384. The van der Waals surface area contributed by atoms with E-state index in [1.807, 2.05) is 4.90 Å². The summed E-state index contributed by atoms with van der Waals surface area (Å²) in [6, 6.07) is 4.48. The molecule has 0 unspecified atom stereocenters. The van der Waals surface area contributed by atoms with Crippen molar-refractivity contribution in [2.75, 3.05) is 56.0 Å². The monoisotopic (exact) mass is 457 g/mol. The fourth-order valence-electron chi connectivity index (χ4n) is 3.88. The predicted octanol–water partition coefficient (Wildman–Crippen LogP) is 2.05. The predicted molar refractivity (Wildman–Crippen MR) is 126 cm³/mol. The summed E-state index contributed by atoms with van der Waals surface area (Å²) < 4.78 is 1.76. The minimum absolute atomic E-state index is 0.00690. The first-order valence-electron chi connectivity index (χ1n) is 11.2. The first kappa shape index (κ1) is 24.2. The Morgan fingerprint density at radius 2 is 1.88 bits per heavy atom. The van der Waals surface area contributed by atoms with Crippen molar-refractivity contribution >= 4 is 28.9 Å². The Morgan fingerprint density at radius 3 is 2.48 bits per heavy atom. The Bertz CT molecular complexity index is 994. The zero-order chi connectivity index (χ0) is 24.0. The van der Waals surface area contributed by atoms with Gasteiger partial charge in [0.05, 0.1) is 23.4 Å². The third-order valence-electron chi connectivity index (χ3n) is 5.93. The molecule has 1 fully saturated rings. The van der Waals surface area contributed by atoms with E-state index < -0.39 is 10.8 Å². The van der Waals surface area contributed by atoms with Crippen LogP contribution in [-0.4, -0.2) is 82.1 Å². The van der Waals surface area contributed by atoms with Gasteiger partial charge in [0.25, 0.3) is 11.6 Å². The minimum atomic E-state index is -0.477. The standard InChI is InChI=1S/C22H31N7O4/c1-4-25(5-2)8-13-28-16-19(15-23-28)24-22(31)18-6-7-20(21(14-18)29(32)33)27-11-9-26(10-12-27)17(3)30/h6-7,14-16H,4-5,8-13H2,1-3H3,(H,24,31). The maximum absolute atomic E-state index is 12.7. The normalized spacial score (nSPS) is 13.9. The van der Waals surface area contributed by atoms with Crippen LogP contribution in [0.3, 0.4) is 0 Å². The molecule has 0 aliphatic carbocycles. The van der Waals surface area contributed by atoms with Crippen LogP contribution in [0.25, 0.3) is 0 Å². The summed E-state index contributed by atoms with van der Waals surface area (Å²) >= 11 is 0. The molecule has 0 atom stereocenters. The number of benzene rings is 1. The van der Waals surface area contributed by atoms with Gasteiger partial charge in [0.2, 0.25) is 5.91 Å². The summed E-state index contributed by atoms with van der Waals surface area (Å²) in [5.41, 5.74) is 1.05. The molecule has 0 saturated carbocycles. The molecule has 0 bridgehead atoms. The van der Waals surface area contributed by atoms with Crippen molar-refractivity contribution in [3.05, 3.63) is 46.3 Å². The summed E-state index contributed by atoms with van der Waals surface area (Å²) in [6.07, 6.45) is 3.32. The van der Waals surface area contributed by atoms with Crippen LogP contribution in [0.2, 0.25) is 0 Å². The number of aromatic nitrogens is 2. The molecular formula is C22H31N7O4. The molecule has 1 aromatic carbocycles. The minimum Gasteiger partial charge on any atom is -0.362 e. The Hall–Kier alpha value is -3.47. The van der Waals surface area contributed by atoms with Gasteiger partial charge in [-0.1, -0.05) is 13.8 Å². The van der Waals surface area contributed by atoms with Gasteiger partial charge in [0, 0.05) is 57.5 Å². The van der Waals surface area contributed by atoms with E-state index >= 15 is 0 Å². The van der Waals surface area contributed by atoms with Crippen LogP contribution in [0.4, 0.5) is 17.1 Å². The quantitative estimate of drug-likeness (QED) is 0.452. The highest BCUT2D eigenvalue weighted by Gasteiger charge is 2.26. The highest BCUT2D eigenvalue weighted by Crippen LogP contribution is 2.30. The number of hydrogen-bond acceptors (Lipinski definition) is 7. The molecule has 0 radical (unpaired) electrons. The second-order valence-corrected chi connectivity index (χ2v) is 7.93. The molecule has 2 aromatic rings. The van der Waals surface area contributed by atoms with Gasteiger partial charge in [-0.05, 0) is 25.2 Å². The number of nitrogens with one attached hydrogen (secondary N) is 1. The van der Waals surface area contributed by atoms with Crippen LogP contribution in [-0.2, 0) is 11.3 Å². The maximum atomic E-state index is 12.7. The lowest BCUT2D eigenvalue weighted by atomic mass is 10.1. The molecule has 3 rings (SSSR count). The molecule has 1 N–H and O–H groups in total. The molecule has 2 amide bonds. The topological polar surface area (TPSA) is 117 Å². The van der Waals surface area contributed by atoms with Gasteiger partial charge in [-0.2, -0.15) is 5.10 Å². The van der Waals surface area contributed by atoms with Crippen molar-refractivity contribution in [1.29, 1.82) is 0 Å². The number of nitro groups is 1. The van der Waals surface area contributed by atoms with Crippen LogP contribution in [0.5, 0.6) is 0 Å². The number of piperazine rings is 1. The number of amides is 2. The Kier molecular flexibility index (Phi) is 7.99. The maximum Gasteiger partial charge on any atom is 0.293 e. The third kappa shape index (κ3) is 6.07. The molecule has 0 spiro atoms. The molecule has 1 aliphatic rings. The number of hydrogen-bond donors (Lipinski definition) is 1. The van der Waals surface area contributed by atoms with E-state index in [1.54, 1.807) is 34.1 Å². The first-order valence-corrected chi connectivity index (χ1v) is 11.2. The largest absolute Gasteiger partial charge is 0.362 e. The molecule has 1 aromatic heterocycles. The summed E-state index contributed by atoms with van der Waals surface area (Å²) in [5.74, 6) is -0.443. The highest BCUT2D eigenvalue weighted by atomic mass is 16.6. The molecule has 33 heavy (non-hydrogen) atoms. The molecule has 2 heterocycles. The number of rotatable bonds is 9. The van der Waals surface area contributed by atoms with Crippen molar-refractivity contribution in [1.82, 2.24) is 19.6 Å². The average molecular weight is 458 g/mol. The van der Waals surface area contributed by atoms with Crippen LogP contribution in [0, 0.1) is 10.1 Å². The average Bonchev–Trinajstić information content (AvgIpc) is 3.26. The summed E-state index contributed by atoms with van der Waals surface area (Å²) in [6.45, 7) is 11.2. The molecule has 178 valence electrons. The van der Waals surface area contributed by atoms with E-state index in [2.05, 4.69) is 29.2 Å². The van der Waals surface area contributed by atoms with Crippen molar-refractivity contribution in [2.45, 2.75) is 27.3 Å². The van der Waals surface area contributed by atoms with E-state index in [4.69, 9.17) is 0 Å². The molecule has 11 nitrogen and oxygen atoms in total. The van der Waals surface area contributed by atoms with Gasteiger partial charge in [-0.15, -0.1) is 0 Å². The van der Waals surface area contributed by atoms with Crippen molar-refractivity contribution in [3.8, 4) is 0 Å². The lowest BCUT2D eigenvalue weighted by Gasteiger charge is -2.35. The highest BCUT2D eigenvalue weighted by molar-refractivity contribution is 6.05. The van der Waals surface area contributed by atoms with E-state index in [0.717, 1.165) is 19.6 Å². The van der Waals surface area contributed by atoms with Gasteiger partial charge in [0.1, 0.15) is 5.69 Å². The number of anilines is 2. The van der Waals surface area contributed by atoms with Crippen LogP contribution in [0.15, 0.2) is 30.6 Å². The van der Waals surface area contributed by atoms with E-state index in [1.165, 1.54) is 13.0 Å². The Labute approximate surface area is 193 Å². The van der Waals surface area contributed by atoms with Gasteiger partial charge in [-0.25, -0.2) is 0 Å². The zero-order valence-corrected chi connectivity index (χ0v) is 19.4. The molecular weight excluding hydrogens is 426 g/mol. The van der Waals surface area contributed by atoms with Gasteiger partial charge in [-0.3, -0.25) is 24.4 Å². The van der Waals surface area contributed by atoms with Crippen LogP contribution < -0.4 is 10.2 Å². The van der Waals surface area contributed by atoms with E-state index in [0.29, 0.717) is 44.1 Å². The van der Waals surface area contributed by atoms with Gasteiger partial charge < -0.3 is 20.0 Å². The van der Waals surface area contributed by atoms with E-state index in [-0.39, 0.29) is 17.2 Å². The van der Waals surface area contributed by atoms with Crippen molar-refractivity contribution in [2.24, 2.45) is 0 Å². The number of carbonyl (C=O) groups excluding carboxylic acids is 2. The molecule has 11 heteroatoms. The summed E-state index contributed by atoms with van der Waals surface area (Å²) in [7, 11) is 0. The smallest absolute Gasteiger partial charge is 0.293 e. The number of nitro benzene ring substituents is 1. The molecule has 1 aliphatic heterocycles. The van der Waals surface area contributed by atoms with Gasteiger partial charge in [0.15, 0.2) is 0 Å². The second kappa shape index (κ2) is 10.9. The number of carbonyl (C=O) groups is 2. The fourth-order valence-corrected chi connectivity index (χ4v) is 3.88. The third-order valence-corrected chi connectivity index (χ3v) is 5.93.